The average molecular weight is 245 g/mol. The Bertz CT molecular complexity index is 552. The normalized spacial score (nSPS) is 10.1. The van der Waals surface area contributed by atoms with Crippen molar-refractivity contribution in [3.63, 3.8) is 0 Å². The largest absolute Gasteiger partial charge is 0.481 e. The summed E-state index contributed by atoms with van der Waals surface area (Å²) in [4.78, 5) is 10.5. The third-order valence-corrected chi connectivity index (χ3v) is 2.42. The molecule has 0 radical (unpaired) electrons. The van der Waals surface area contributed by atoms with E-state index in [1.807, 2.05) is 0 Å². The predicted molar refractivity (Wildman–Crippen MR) is 67.5 cm³/mol. The van der Waals surface area contributed by atoms with E-state index in [-0.39, 0.29) is 12.2 Å². The SMILES string of the molecule is O=C(O)Cc1ccc(Nc2cccc(F)c2)cc1. The second-order valence-corrected chi connectivity index (χ2v) is 3.90. The van der Waals surface area contributed by atoms with Crippen LogP contribution in [0.25, 0.3) is 0 Å². The highest BCUT2D eigenvalue weighted by Gasteiger charge is 2.01. The summed E-state index contributed by atoms with van der Waals surface area (Å²) in [5.41, 5.74) is 2.17. The summed E-state index contributed by atoms with van der Waals surface area (Å²) in [6, 6.07) is 13.1. The first-order valence-corrected chi connectivity index (χ1v) is 5.47. The summed E-state index contributed by atoms with van der Waals surface area (Å²) in [5.74, 6) is -1.16. The van der Waals surface area contributed by atoms with Gasteiger partial charge in [-0.2, -0.15) is 0 Å². The van der Waals surface area contributed by atoms with Gasteiger partial charge in [0.15, 0.2) is 0 Å². The summed E-state index contributed by atoms with van der Waals surface area (Å²) < 4.78 is 13.0. The minimum absolute atomic E-state index is 0.000243. The molecule has 0 spiro atoms. The Morgan fingerprint density at radius 1 is 1.11 bits per heavy atom. The van der Waals surface area contributed by atoms with Crippen molar-refractivity contribution in [1.82, 2.24) is 0 Å². The van der Waals surface area contributed by atoms with Crippen LogP contribution in [0, 0.1) is 5.82 Å². The molecule has 2 aromatic carbocycles. The highest BCUT2D eigenvalue weighted by Crippen LogP contribution is 2.17. The fraction of sp³-hybridized carbons (Fsp3) is 0.0714. The van der Waals surface area contributed by atoms with E-state index < -0.39 is 5.97 Å². The lowest BCUT2D eigenvalue weighted by Crippen LogP contribution is -1.99. The van der Waals surface area contributed by atoms with Gasteiger partial charge in [0.2, 0.25) is 0 Å². The number of aliphatic carboxylic acids is 1. The topological polar surface area (TPSA) is 49.3 Å². The van der Waals surface area contributed by atoms with Crippen LogP contribution in [0.3, 0.4) is 0 Å². The van der Waals surface area contributed by atoms with E-state index in [1.54, 1.807) is 36.4 Å². The summed E-state index contributed by atoms with van der Waals surface area (Å²) in [7, 11) is 0. The Labute approximate surface area is 104 Å². The van der Waals surface area contributed by atoms with E-state index in [0.717, 1.165) is 11.3 Å². The van der Waals surface area contributed by atoms with Gasteiger partial charge in [-0.3, -0.25) is 4.79 Å². The lowest BCUT2D eigenvalue weighted by molar-refractivity contribution is -0.136. The van der Waals surface area contributed by atoms with Gasteiger partial charge in [-0.25, -0.2) is 4.39 Å². The minimum atomic E-state index is -0.860. The molecule has 0 atom stereocenters. The molecule has 0 amide bonds. The van der Waals surface area contributed by atoms with Crippen LogP contribution in [0.15, 0.2) is 48.5 Å². The molecule has 0 aliphatic carbocycles. The smallest absolute Gasteiger partial charge is 0.307 e. The lowest BCUT2D eigenvalue weighted by atomic mass is 10.1. The Morgan fingerprint density at radius 2 is 1.83 bits per heavy atom. The molecule has 92 valence electrons. The number of halogens is 1. The van der Waals surface area contributed by atoms with Crippen LogP contribution in [0.4, 0.5) is 15.8 Å². The first kappa shape index (κ1) is 12.1. The molecular weight excluding hydrogens is 233 g/mol. The fourth-order valence-corrected chi connectivity index (χ4v) is 1.61. The maximum atomic E-state index is 13.0. The molecule has 2 N–H and O–H groups in total. The van der Waals surface area contributed by atoms with E-state index in [4.69, 9.17) is 5.11 Å². The molecule has 0 heterocycles. The number of carbonyl (C=O) groups is 1. The zero-order valence-corrected chi connectivity index (χ0v) is 9.56. The molecule has 0 aromatic heterocycles. The zero-order valence-electron chi connectivity index (χ0n) is 9.56. The van der Waals surface area contributed by atoms with Gasteiger partial charge in [0.05, 0.1) is 6.42 Å². The summed E-state index contributed by atoms with van der Waals surface area (Å²) in [5, 5.41) is 11.7. The Kier molecular flexibility index (Phi) is 3.57. The third-order valence-electron chi connectivity index (χ3n) is 2.42. The molecule has 0 fully saturated rings. The van der Waals surface area contributed by atoms with Crippen LogP contribution in [-0.2, 0) is 11.2 Å². The van der Waals surface area contributed by atoms with Gasteiger partial charge in [0, 0.05) is 11.4 Å². The van der Waals surface area contributed by atoms with Crippen LogP contribution >= 0.6 is 0 Å². The van der Waals surface area contributed by atoms with Gasteiger partial charge < -0.3 is 10.4 Å². The number of hydrogen-bond acceptors (Lipinski definition) is 2. The van der Waals surface area contributed by atoms with Crippen molar-refractivity contribution >= 4 is 17.3 Å². The summed E-state index contributed by atoms with van der Waals surface area (Å²) >= 11 is 0. The van der Waals surface area contributed by atoms with E-state index >= 15 is 0 Å². The lowest BCUT2D eigenvalue weighted by Gasteiger charge is -2.07. The standard InChI is InChI=1S/C14H12FNO2/c15-11-2-1-3-13(9-11)16-12-6-4-10(5-7-12)8-14(17)18/h1-7,9,16H,8H2,(H,17,18). The molecular formula is C14H12FNO2. The second-order valence-electron chi connectivity index (χ2n) is 3.90. The monoisotopic (exact) mass is 245 g/mol. The van der Waals surface area contributed by atoms with Gasteiger partial charge in [-0.15, -0.1) is 0 Å². The number of hydrogen-bond donors (Lipinski definition) is 2. The van der Waals surface area contributed by atoms with Gasteiger partial charge >= 0.3 is 5.97 Å². The molecule has 0 aliphatic heterocycles. The van der Waals surface area contributed by atoms with Crippen molar-refractivity contribution in [2.75, 3.05) is 5.32 Å². The van der Waals surface area contributed by atoms with Crippen LogP contribution in [0.1, 0.15) is 5.56 Å². The Hall–Kier alpha value is -2.36. The first-order chi connectivity index (χ1) is 8.63. The Balaban J connectivity index is 2.08. The van der Waals surface area contributed by atoms with E-state index in [0.29, 0.717) is 5.69 Å². The second kappa shape index (κ2) is 5.31. The summed E-state index contributed by atoms with van der Waals surface area (Å²) in [6.07, 6.45) is 0.000243. The highest BCUT2D eigenvalue weighted by molar-refractivity contribution is 5.70. The number of anilines is 2. The molecule has 2 aromatic rings. The molecule has 0 saturated heterocycles. The highest BCUT2D eigenvalue weighted by atomic mass is 19.1. The van der Waals surface area contributed by atoms with Crippen LogP contribution < -0.4 is 5.32 Å². The van der Waals surface area contributed by atoms with E-state index in [2.05, 4.69) is 5.32 Å². The summed E-state index contributed by atoms with van der Waals surface area (Å²) in [6.45, 7) is 0. The number of carboxylic acid groups (broad SMARTS) is 1. The number of benzene rings is 2. The number of nitrogens with one attached hydrogen (secondary N) is 1. The molecule has 0 saturated carbocycles. The van der Waals surface area contributed by atoms with Crippen molar-refractivity contribution < 1.29 is 14.3 Å². The fourth-order valence-electron chi connectivity index (χ4n) is 1.61. The maximum absolute atomic E-state index is 13.0. The number of rotatable bonds is 4. The molecule has 3 nitrogen and oxygen atoms in total. The predicted octanol–water partition coefficient (Wildman–Crippen LogP) is 3.20. The first-order valence-electron chi connectivity index (χ1n) is 5.47. The van der Waals surface area contributed by atoms with Crippen LogP contribution in [0.5, 0.6) is 0 Å². The molecule has 4 heteroatoms. The minimum Gasteiger partial charge on any atom is -0.481 e. The van der Waals surface area contributed by atoms with E-state index in [9.17, 15) is 9.18 Å². The van der Waals surface area contributed by atoms with Crippen LogP contribution in [0.2, 0.25) is 0 Å². The third kappa shape index (κ3) is 3.31. The molecule has 0 aliphatic rings. The van der Waals surface area contributed by atoms with Gasteiger partial charge in [-0.1, -0.05) is 18.2 Å². The van der Waals surface area contributed by atoms with Crippen LogP contribution in [-0.4, -0.2) is 11.1 Å². The molecule has 0 bridgehead atoms. The molecule has 0 unspecified atom stereocenters. The van der Waals surface area contributed by atoms with Gasteiger partial charge in [-0.05, 0) is 35.9 Å². The molecule has 18 heavy (non-hydrogen) atoms. The quantitative estimate of drug-likeness (QED) is 0.869. The van der Waals surface area contributed by atoms with Crippen molar-refractivity contribution in [2.24, 2.45) is 0 Å². The Morgan fingerprint density at radius 3 is 2.44 bits per heavy atom. The van der Waals surface area contributed by atoms with Crippen molar-refractivity contribution in [1.29, 1.82) is 0 Å². The van der Waals surface area contributed by atoms with E-state index in [1.165, 1.54) is 12.1 Å². The van der Waals surface area contributed by atoms with Gasteiger partial charge in [0.1, 0.15) is 5.82 Å². The zero-order chi connectivity index (χ0) is 13.0. The van der Waals surface area contributed by atoms with Crippen molar-refractivity contribution in [3.05, 3.63) is 59.9 Å². The molecule has 2 rings (SSSR count). The van der Waals surface area contributed by atoms with Crippen molar-refractivity contribution in [3.8, 4) is 0 Å². The average Bonchev–Trinajstić information content (AvgIpc) is 2.31. The van der Waals surface area contributed by atoms with Gasteiger partial charge in [0.25, 0.3) is 0 Å². The van der Waals surface area contributed by atoms with Crippen molar-refractivity contribution in [2.45, 2.75) is 6.42 Å². The number of carboxylic acids is 1. The maximum Gasteiger partial charge on any atom is 0.307 e.